The van der Waals surface area contributed by atoms with Crippen LogP contribution in [0.4, 0.5) is 0 Å². The molecular formula is C37H32N2. The highest BCUT2D eigenvalue weighted by atomic mass is 14.7. The summed E-state index contributed by atoms with van der Waals surface area (Å²) in [4.78, 5) is 5.03. The summed E-state index contributed by atoms with van der Waals surface area (Å²) in [5.74, 6) is 0. The van der Waals surface area contributed by atoms with Gasteiger partial charge in [0.2, 0.25) is 0 Å². The highest BCUT2D eigenvalue weighted by molar-refractivity contribution is 5.84. The Morgan fingerprint density at radius 3 is 2.41 bits per heavy atom. The normalized spacial score (nSPS) is 18.0. The lowest BCUT2D eigenvalue weighted by atomic mass is 9.89. The first-order valence-corrected chi connectivity index (χ1v) is 13.3. The van der Waals surface area contributed by atoms with Crippen LogP contribution < -0.4 is 5.73 Å². The standard InChI is InChI=1S/C37H32N2/c1-3-4-18-33(27(2)34-19-12-13-20-35(34)38)29-23-21-28(22-24-29)32-25-36(30-14-8-5-6-9-15-30)39-37(26-32)31-16-10-7-11-17-31/h3-5,7-26,35H,38H2,1-2H3/b4-3-,33-18+,34-27+. The Morgan fingerprint density at radius 1 is 0.846 bits per heavy atom. The predicted octanol–water partition coefficient (Wildman–Crippen LogP) is 8.81. The van der Waals surface area contributed by atoms with E-state index in [-0.39, 0.29) is 6.04 Å². The SMILES string of the molecule is C\C=C/C=C(\C(C)=C1/C=CC=CC1N)c1ccc(-c2cc(C3=CC=C=CC=C3)nc(-c3ccccc3)c2)cc1. The van der Waals surface area contributed by atoms with Gasteiger partial charge in [0.25, 0.3) is 0 Å². The molecule has 1 heterocycles. The average Bonchev–Trinajstić information content (AvgIpc) is 3.28. The maximum absolute atomic E-state index is 6.41. The number of allylic oxidation sites excluding steroid dienone is 12. The average molecular weight is 505 g/mol. The topological polar surface area (TPSA) is 38.9 Å². The Bertz CT molecular complexity index is 1630. The Kier molecular flexibility index (Phi) is 8.09. The first-order chi connectivity index (χ1) is 19.1. The van der Waals surface area contributed by atoms with Crippen LogP contribution >= 0.6 is 0 Å². The summed E-state index contributed by atoms with van der Waals surface area (Å²) in [6, 6.07) is 23.4. The molecule has 2 N–H and O–H groups in total. The largest absolute Gasteiger partial charge is 0.321 e. The van der Waals surface area contributed by atoms with Gasteiger partial charge in [0, 0.05) is 17.2 Å². The fourth-order valence-electron chi connectivity index (χ4n) is 4.79. The molecule has 2 aliphatic rings. The molecule has 2 heteroatoms. The van der Waals surface area contributed by atoms with Gasteiger partial charge in [-0.1, -0.05) is 109 Å². The monoisotopic (exact) mass is 504 g/mol. The van der Waals surface area contributed by atoms with Crippen molar-refractivity contribution < 1.29 is 0 Å². The van der Waals surface area contributed by atoms with Crippen molar-refractivity contribution in [2.75, 3.05) is 0 Å². The van der Waals surface area contributed by atoms with Gasteiger partial charge in [-0.2, -0.15) is 0 Å². The number of nitrogens with two attached hydrogens (primary N) is 1. The molecule has 2 aliphatic carbocycles. The molecule has 3 aromatic rings. The fourth-order valence-corrected chi connectivity index (χ4v) is 4.79. The van der Waals surface area contributed by atoms with E-state index in [0.717, 1.165) is 44.8 Å². The second-order valence-corrected chi connectivity index (χ2v) is 9.51. The van der Waals surface area contributed by atoms with E-state index >= 15 is 0 Å². The quantitative estimate of drug-likeness (QED) is 0.269. The molecule has 5 rings (SSSR count). The minimum Gasteiger partial charge on any atom is -0.321 e. The molecule has 0 bridgehead atoms. The van der Waals surface area contributed by atoms with Gasteiger partial charge in [-0.25, -0.2) is 4.98 Å². The Balaban J connectivity index is 1.57. The van der Waals surface area contributed by atoms with Crippen LogP contribution in [0.25, 0.3) is 33.5 Å². The molecule has 0 spiro atoms. The zero-order chi connectivity index (χ0) is 27.0. The second kappa shape index (κ2) is 12.2. The van der Waals surface area contributed by atoms with E-state index in [1.807, 2.05) is 61.6 Å². The third-order valence-electron chi connectivity index (χ3n) is 6.90. The molecule has 0 radical (unpaired) electrons. The summed E-state index contributed by atoms with van der Waals surface area (Å²) in [6.07, 6.45) is 24.5. The molecule has 1 aromatic heterocycles. The van der Waals surface area contributed by atoms with Crippen LogP contribution in [0.1, 0.15) is 25.1 Å². The summed E-state index contributed by atoms with van der Waals surface area (Å²) < 4.78 is 0. The number of pyridine rings is 1. The lowest BCUT2D eigenvalue weighted by Crippen LogP contribution is -2.21. The van der Waals surface area contributed by atoms with E-state index < -0.39 is 0 Å². The number of hydrogen-bond acceptors (Lipinski definition) is 2. The van der Waals surface area contributed by atoms with Gasteiger partial charge >= 0.3 is 0 Å². The summed E-state index contributed by atoms with van der Waals surface area (Å²) in [5, 5.41) is 0. The van der Waals surface area contributed by atoms with Gasteiger partial charge in [-0.15, -0.1) is 5.73 Å². The van der Waals surface area contributed by atoms with Crippen LogP contribution in [0.15, 0.2) is 157 Å². The molecule has 1 unspecified atom stereocenters. The number of hydrogen-bond donors (Lipinski definition) is 1. The molecule has 0 aliphatic heterocycles. The number of aromatic nitrogens is 1. The zero-order valence-electron chi connectivity index (χ0n) is 22.4. The van der Waals surface area contributed by atoms with Crippen LogP contribution in [0.2, 0.25) is 0 Å². The number of benzene rings is 2. The van der Waals surface area contributed by atoms with Crippen molar-refractivity contribution >= 4 is 11.1 Å². The zero-order valence-corrected chi connectivity index (χ0v) is 22.4. The van der Waals surface area contributed by atoms with Gasteiger partial charge in [-0.3, -0.25) is 0 Å². The van der Waals surface area contributed by atoms with Crippen molar-refractivity contribution in [2.45, 2.75) is 19.9 Å². The van der Waals surface area contributed by atoms with E-state index in [0.29, 0.717) is 0 Å². The van der Waals surface area contributed by atoms with E-state index in [9.17, 15) is 0 Å². The van der Waals surface area contributed by atoms with Crippen molar-refractivity contribution in [3.05, 3.63) is 168 Å². The lowest BCUT2D eigenvalue weighted by Gasteiger charge is -2.18. The minimum absolute atomic E-state index is 0.104. The van der Waals surface area contributed by atoms with Crippen LogP contribution in [0, 0.1) is 0 Å². The highest BCUT2D eigenvalue weighted by Crippen LogP contribution is 2.33. The fraction of sp³-hybridized carbons (Fsp3) is 0.0811. The van der Waals surface area contributed by atoms with Gasteiger partial charge in [0.15, 0.2) is 0 Å². The summed E-state index contributed by atoms with van der Waals surface area (Å²) in [6.45, 7) is 4.19. The van der Waals surface area contributed by atoms with Crippen molar-refractivity contribution in [3.63, 3.8) is 0 Å². The lowest BCUT2D eigenvalue weighted by molar-refractivity contribution is 0.959. The van der Waals surface area contributed by atoms with Crippen LogP contribution in [-0.4, -0.2) is 11.0 Å². The number of rotatable bonds is 6. The van der Waals surface area contributed by atoms with Crippen molar-refractivity contribution in [1.29, 1.82) is 0 Å². The van der Waals surface area contributed by atoms with Crippen LogP contribution in [0.5, 0.6) is 0 Å². The summed E-state index contributed by atoms with van der Waals surface area (Å²) >= 11 is 0. The predicted molar refractivity (Wildman–Crippen MR) is 167 cm³/mol. The van der Waals surface area contributed by atoms with Gasteiger partial charge in [-0.05, 0) is 77.6 Å². The molecule has 1 atom stereocenters. The van der Waals surface area contributed by atoms with Crippen molar-refractivity contribution in [1.82, 2.24) is 4.98 Å². The highest BCUT2D eigenvalue weighted by Gasteiger charge is 2.14. The molecule has 2 nitrogen and oxygen atoms in total. The maximum atomic E-state index is 6.41. The summed E-state index contributed by atoms with van der Waals surface area (Å²) in [5.41, 5.74) is 20.5. The first kappa shape index (κ1) is 25.9. The molecule has 0 saturated carbocycles. The molecule has 190 valence electrons. The van der Waals surface area contributed by atoms with Gasteiger partial charge in [0.05, 0.1) is 11.4 Å². The molecule has 0 saturated heterocycles. The van der Waals surface area contributed by atoms with E-state index in [2.05, 4.69) is 97.6 Å². The van der Waals surface area contributed by atoms with Gasteiger partial charge < -0.3 is 5.73 Å². The van der Waals surface area contributed by atoms with Crippen molar-refractivity contribution in [2.24, 2.45) is 5.73 Å². The Hall–Kier alpha value is -4.75. The van der Waals surface area contributed by atoms with Crippen LogP contribution in [0.3, 0.4) is 0 Å². The number of nitrogens with zero attached hydrogens (tertiary/aromatic N) is 1. The Morgan fingerprint density at radius 2 is 1.64 bits per heavy atom. The first-order valence-electron chi connectivity index (χ1n) is 13.3. The third-order valence-corrected chi connectivity index (χ3v) is 6.90. The maximum Gasteiger partial charge on any atom is 0.0715 e. The molecule has 0 fully saturated rings. The van der Waals surface area contributed by atoms with E-state index in [1.54, 1.807) is 0 Å². The van der Waals surface area contributed by atoms with E-state index in [4.69, 9.17) is 10.7 Å². The van der Waals surface area contributed by atoms with Gasteiger partial charge in [0.1, 0.15) is 0 Å². The molecule has 0 amide bonds. The minimum atomic E-state index is -0.104. The molecular weight excluding hydrogens is 472 g/mol. The van der Waals surface area contributed by atoms with Crippen LogP contribution in [-0.2, 0) is 0 Å². The second-order valence-electron chi connectivity index (χ2n) is 9.51. The van der Waals surface area contributed by atoms with E-state index in [1.165, 1.54) is 11.1 Å². The molecule has 2 aromatic carbocycles. The Labute approximate surface area is 231 Å². The van der Waals surface area contributed by atoms with Crippen molar-refractivity contribution in [3.8, 4) is 22.4 Å². The smallest absolute Gasteiger partial charge is 0.0715 e. The molecule has 39 heavy (non-hydrogen) atoms. The third kappa shape index (κ3) is 6.05. The summed E-state index contributed by atoms with van der Waals surface area (Å²) in [7, 11) is 0.